The molecule has 1 atom stereocenters. The van der Waals surface area contributed by atoms with Gasteiger partial charge in [0.1, 0.15) is 11.9 Å². The molecular formula is C13H16N2O6. The van der Waals surface area contributed by atoms with Crippen LogP contribution in [-0.4, -0.2) is 36.1 Å². The number of nitrogens with zero attached hydrogens (tertiary/aromatic N) is 1. The molecule has 1 aromatic carbocycles. The van der Waals surface area contributed by atoms with Crippen molar-refractivity contribution in [3.8, 4) is 5.75 Å². The van der Waals surface area contributed by atoms with Gasteiger partial charge >= 0.3 is 6.09 Å². The molecule has 114 valence electrons. The Hall–Kier alpha value is -2.19. The van der Waals surface area contributed by atoms with Crippen LogP contribution in [0.3, 0.4) is 0 Å². The van der Waals surface area contributed by atoms with Crippen LogP contribution in [0.2, 0.25) is 0 Å². The van der Waals surface area contributed by atoms with Gasteiger partial charge in [-0.1, -0.05) is 0 Å². The predicted octanol–water partition coefficient (Wildman–Crippen LogP) is 1.83. The van der Waals surface area contributed by atoms with Crippen LogP contribution in [0.5, 0.6) is 5.75 Å². The summed E-state index contributed by atoms with van der Waals surface area (Å²) in [6.07, 6.45) is -0.887. The van der Waals surface area contributed by atoms with E-state index in [-0.39, 0.29) is 24.1 Å². The Bertz CT molecular complexity index is 528. The van der Waals surface area contributed by atoms with E-state index in [4.69, 9.17) is 14.2 Å². The number of nitrogens with one attached hydrogen (secondary N) is 1. The minimum atomic E-state index is -0.655. The lowest BCUT2D eigenvalue weighted by Crippen LogP contribution is -2.36. The van der Waals surface area contributed by atoms with Crippen LogP contribution in [0.4, 0.5) is 10.5 Å². The van der Waals surface area contributed by atoms with E-state index in [9.17, 15) is 14.9 Å². The van der Waals surface area contributed by atoms with Crippen molar-refractivity contribution in [2.45, 2.75) is 25.7 Å². The van der Waals surface area contributed by atoms with Crippen molar-refractivity contribution in [1.29, 1.82) is 0 Å². The van der Waals surface area contributed by atoms with Crippen LogP contribution < -0.4 is 10.1 Å². The first kappa shape index (κ1) is 15.2. The van der Waals surface area contributed by atoms with E-state index in [1.54, 1.807) is 13.8 Å². The number of nitro groups is 1. The predicted molar refractivity (Wildman–Crippen MR) is 72.0 cm³/mol. The van der Waals surface area contributed by atoms with E-state index in [2.05, 4.69) is 5.32 Å². The highest BCUT2D eigenvalue weighted by molar-refractivity contribution is 5.70. The Labute approximate surface area is 121 Å². The van der Waals surface area contributed by atoms with Crippen LogP contribution in [0, 0.1) is 10.1 Å². The molecule has 1 aliphatic rings. The number of ether oxygens (including phenoxy) is 3. The van der Waals surface area contributed by atoms with Gasteiger partial charge < -0.3 is 19.5 Å². The van der Waals surface area contributed by atoms with Crippen molar-refractivity contribution in [1.82, 2.24) is 5.32 Å². The minimum absolute atomic E-state index is 0.0681. The molecule has 0 radical (unpaired) electrons. The fourth-order valence-electron chi connectivity index (χ4n) is 1.84. The summed E-state index contributed by atoms with van der Waals surface area (Å²) in [5.74, 6) is -0.420. The summed E-state index contributed by atoms with van der Waals surface area (Å²) in [5.41, 5.74) is -0.0681. The highest BCUT2D eigenvalue weighted by atomic mass is 16.7. The van der Waals surface area contributed by atoms with Crippen molar-refractivity contribution >= 4 is 11.8 Å². The Morgan fingerprint density at radius 3 is 2.67 bits per heavy atom. The van der Waals surface area contributed by atoms with Crippen LogP contribution in [0.25, 0.3) is 0 Å². The van der Waals surface area contributed by atoms with E-state index in [1.165, 1.54) is 24.3 Å². The number of hydrogen-bond donors (Lipinski definition) is 1. The van der Waals surface area contributed by atoms with E-state index < -0.39 is 16.8 Å². The Balaban J connectivity index is 1.78. The first-order valence-corrected chi connectivity index (χ1v) is 6.38. The molecule has 1 amide bonds. The monoisotopic (exact) mass is 296 g/mol. The van der Waals surface area contributed by atoms with Gasteiger partial charge in [-0.25, -0.2) is 4.79 Å². The SMILES string of the molecule is CC1(C)OCC(CNC(=O)Oc2ccc([N+](=O)[O-])cc2)O1. The third kappa shape index (κ3) is 4.40. The molecule has 0 spiro atoms. The van der Waals surface area contributed by atoms with E-state index >= 15 is 0 Å². The van der Waals surface area contributed by atoms with Gasteiger partial charge in [0.05, 0.1) is 11.5 Å². The second-order valence-electron chi connectivity index (χ2n) is 4.97. The average molecular weight is 296 g/mol. The number of benzene rings is 1. The summed E-state index contributed by atoms with van der Waals surface area (Å²) in [5, 5.41) is 13.0. The number of non-ortho nitro benzene ring substituents is 1. The van der Waals surface area contributed by atoms with Gasteiger partial charge in [-0.3, -0.25) is 10.1 Å². The molecule has 0 bridgehead atoms. The maximum atomic E-state index is 11.6. The minimum Gasteiger partial charge on any atom is -0.410 e. The molecule has 0 saturated carbocycles. The van der Waals surface area contributed by atoms with Crippen LogP contribution in [-0.2, 0) is 9.47 Å². The number of nitro benzene ring substituents is 1. The van der Waals surface area contributed by atoms with Gasteiger partial charge in [0, 0.05) is 18.7 Å². The lowest BCUT2D eigenvalue weighted by Gasteiger charge is -2.17. The highest BCUT2D eigenvalue weighted by Gasteiger charge is 2.32. The van der Waals surface area contributed by atoms with Gasteiger partial charge in [-0.15, -0.1) is 0 Å². The molecule has 1 heterocycles. The van der Waals surface area contributed by atoms with Crippen molar-refractivity contribution in [3.05, 3.63) is 34.4 Å². The maximum Gasteiger partial charge on any atom is 0.412 e. The fraction of sp³-hybridized carbons (Fsp3) is 0.462. The molecule has 1 aromatic rings. The van der Waals surface area contributed by atoms with Crippen LogP contribution in [0.1, 0.15) is 13.8 Å². The number of carbonyl (C=O) groups is 1. The average Bonchev–Trinajstić information content (AvgIpc) is 2.77. The number of rotatable bonds is 4. The summed E-state index contributed by atoms with van der Waals surface area (Å²) < 4.78 is 15.9. The van der Waals surface area contributed by atoms with Gasteiger partial charge in [-0.05, 0) is 26.0 Å². The summed E-state index contributed by atoms with van der Waals surface area (Å²) in [4.78, 5) is 21.6. The molecule has 2 rings (SSSR count). The molecule has 1 aliphatic heterocycles. The summed E-state index contributed by atoms with van der Waals surface area (Å²) in [7, 11) is 0. The zero-order chi connectivity index (χ0) is 15.5. The molecule has 1 N–H and O–H groups in total. The Morgan fingerprint density at radius 1 is 1.48 bits per heavy atom. The molecule has 8 nitrogen and oxygen atoms in total. The van der Waals surface area contributed by atoms with Crippen molar-refractivity contribution in [2.24, 2.45) is 0 Å². The van der Waals surface area contributed by atoms with Gasteiger partial charge in [0.2, 0.25) is 0 Å². The smallest absolute Gasteiger partial charge is 0.410 e. The summed E-state index contributed by atoms with van der Waals surface area (Å²) in [6, 6.07) is 5.24. The van der Waals surface area contributed by atoms with Crippen molar-refractivity contribution in [3.63, 3.8) is 0 Å². The van der Waals surface area contributed by atoms with Crippen LogP contribution in [0.15, 0.2) is 24.3 Å². The van der Waals surface area contributed by atoms with Crippen molar-refractivity contribution < 1.29 is 23.9 Å². The molecule has 21 heavy (non-hydrogen) atoms. The lowest BCUT2D eigenvalue weighted by atomic mass is 10.3. The fourth-order valence-corrected chi connectivity index (χ4v) is 1.84. The maximum absolute atomic E-state index is 11.6. The van der Waals surface area contributed by atoms with E-state index in [1.807, 2.05) is 0 Å². The lowest BCUT2D eigenvalue weighted by molar-refractivity contribution is -0.384. The molecular weight excluding hydrogens is 280 g/mol. The number of carbonyl (C=O) groups excluding carboxylic acids is 1. The topological polar surface area (TPSA) is 99.9 Å². The first-order valence-electron chi connectivity index (χ1n) is 6.38. The van der Waals surface area contributed by atoms with Crippen molar-refractivity contribution in [2.75, 3.05) is 13.2 Å². The number of amides is 1. The molecule has 0 aromatic heterocycles. The van der Waals surface area contributed by atoms with E-state index in [0.29, 0.717) is 6.61 Å². The first-order chi connectivity index (χ1) is 9.85. The van der Waals surface area contributed by atoms with E-state index in [0.717, 1.165) is 0 Å². The zero-order valence-corrected chi connectivity index (χ0v) is 11.7. The quantitative estimate of drug-likeness (QED) is 0.672. The molecule has 1 unspecified atom stereocenters. The standard InChI is InChI=1S/C13H16N2O6/c1-13(2)19-8-11(21-13)7-14-12(16)20-10-5-3-9(4-6-10)15(17)18/h3-6,11H,7-8H2,1-2H3,(H,14,16). The Kier molecular flexibility index (Phi) is 4.39. The molecule has 1 fully saturated rings. The normalized spacial score (nSPS) is 20.0. The summed E-state index contributed by atoms with van der Waals surface area (Å²) in [6.45, 7) is 4.24. The third-order valence-electron chi connectivity index (χ3n) is 2.80. The molecule has 0 aliphatic carbocycles. The van der Waals surface area contributed by atoms with Crippen LogP contribution >= 0.6 is 0 Å². The third-order valence-corrected chi connectivity index (χ3v) is 2.80. The van der Waals surface area contributed by atoms with Gasteiger partial charge in [0.15, 0.2) is 5.79 Å². The highest BCUT2D eigenvalue weighted by Crippen LogP contribution is 2.21. The summed E-state index contributed by atoms with van der Waals surface area (Å²) >= 11 is 0. The largest absolute Gasteiger partial charge is 0.412 e. The van der Waals surface area contributed by atoms with Gasteiger partial charge in [-0.2, -0.15) is 0 Å². The zero-order valence-electron chi connectivity index (χ0n) is 11.7. The molecule has 1 saturated heterocycles. The Morgan fingerprint density at radius 2 is 2.14 bits per heavy atom. The van der Waals surface area contributed by atoms with Gasteiger partial charge in [0.25, 0.3) is 5.69 Å². The number of hydrogen-bond acceptors (Lipinski definition) is 6. The molecule has 8 heteroatoms. The second kappa shape index (κ2) is 6.06. The second-order valence-corrected chi connectivity index (χ2v) is 4.97.